The number of nitrogens with one attached hydrogen (secondary N) is 1. The fourth-order valence-electron chi connectivity index (χ4n) is 3.20. The van der Waals surface area contributed by atoms with Crippen LogP contribution in [0.1, 0.15) is 46.4 Å². The largest absolute Gasteiger partial charge is 0.478 e. The molecule has 1 atom stereocenters. The Kier molecular flexibility index (Phi) is 4.75. The van der Waals surface area contributed by atoms with Gasteiger partial charge in [-0.25, -0.2) is 9.48 Å². The van der Waals surface area contributed by atoms with Crippen molar-refractivity contribution in [2.45, 2.75) is 32.7 Å². The van der Waals surface area contributed by atoms with Gasteiger partial charge in [0.1, 0.15) is 12.4 Å². The maximum Gasteiger partial charge on any atom is 0.335 e. The van der Waals surface area contributed by atoms with E-state index in [2.05, 4.69) is 10.4 Å². The summed E-state index contributed by atoms with van der Waals surface area (Å²) < 4.78 is 6.39. The number of carbonyl (C=O) groups excluding carboxylic acids is 2. The van der Waals surface area contributed by atoms with Crippen molar-refractivity contribution in [1.29, 1.82) is 0 Å². The fraction of sp³-hybridized carbons (Fsp3) is 0.333. The maximum atomic E-state index is 12.2. The van der Waals surface area contributed by atoms with Crippen LogP contribution in [-0.4, -0.2) is 39.3 Å². The van der Waals surface area contributed by atoms with E-state index < -0.39 is 11.9 Å². The Labute approximate surface area is 149 Å². The maximum absolute atomic E-state index is 12.2. The molecule has 0 fully saturated rings. The zero-order chi connectivity index (χ0) is 18.8. The van der Waals surface area contributed by atoms with Crippen LogP contribution in [0.4, 0.5) is 5.82 Å². The summed E-state index contributed by atoms with van der Waals surface area (Å²) >= 11 is 0. The lowest BCUT2D eigenvalue weighted by atomic mass is 9.85. The SMILES string of the molecule is CCOC(=O)Cn1nc(C)c2c1NC(=O)CC2c1ccc(C(=O)O)cc1. The number of fused-ring (bicyclic) bond motifs is 1. The lowest BCUT2D eigenvalue weighted by Crippen LogP contribution is -2.26. The number of benzene rings is 1. The van der Waals surface area contributed by atoms with Gasteiger partial charge in [-0.05, 0) is 31.5 Å². The molecule has 1 aromatic carbocycles. The third-order valence-electron chi connectivity index (χ3n) is 4.31. The Morgan fingerprint density at radius 3 is 2.65 bits per heavy atom. The average molecular weight is 357 g/mol. The lowest BCUT2D eigenvalue weighted by molar-refractivity contribution is -0.144. The second kappa shape index (κ2) is 6.99. The molecule has 0 spiro atoms. The Morgan fingerprint density at radius 2 is 2.04 bits per heavy atom. The Hall–Kier alpha value is -3.16. The lowest BCUT2D eigenvalue weighted by Gasteiger charge is -2.24. The summed E-state index contributed by atoms with van der Waals surface area (Å²) in [4.78, 5) is 35.0. The summed E-state index contributed by atoms with van der Waals surface area (Å²) in [7, 11) is 0. The van der Waals surface area contributed by atoms with Crippen LogP contribution in [0.3, 0.4) is 0 Å². The Balaban J connectivity index is 1.98. The normalized spacial score (nSPS) is 15.9. The monoisotopic (exact) mass is 357 g/mol. The van der Waals surface area contributed by atoms with Gasteiger partial charge in [0.25, 0.3) is 0 Å². The minimum atomic E-state index is -1.00. The van der Waals surface area contributed by atoms with Gasteiger partial charge in [-0.2, -0.15) is 5.10 Å². The topological polar surface area (TPSA) is 111 Å². The number of aromatic nitrogens is 2. The van der Waals surface area contributed by atoms with Crippen molar-refractivity contribution >= 4 is 23.7 Å². The van der Waals surface area contributed by atoms with Crippen molar-refractivity contribution in [2.75, 3.05) is 11.9 Å². The summed E-state index contributed by atoms with van der Waals surface area (Å²) in [6.45, 7) is 3.72. The van der Waals surface area contributed by atoms with Gasteiger partial charge in [0.05, 0.1) is 17.9 Å². The van der Waals surface area contributed by atoms with Gasteiger partial charge in [0.2, 0.25) is 5.91 Å². The van der Waals surface area contributed by atoms with Crippen LogP contribution in [-0.2, 0) is 20.9 Å². The number of hydrogen-bond acceptors (Lipinski definition) is 5. The molecular formula is C18H19N3O5. The molecule has 1 unspecified atom stereocenters. The molecule has 1 aliphatic rings. The second-order valence-corrected chi connectivity index (χ2v) is 6.04. The van der Waals surface area contributed by atoms with Crippen molar-refractivity contribution in [3.63, 3.8) is 0 Å². The molecule has 1 aromatic heterocycles. The number of carboxylic acids is 1. The molecular weight excluding hydrogens is 338 g/mol. The molecule has 3 rings (SSSR count). The number of nitrogens with zero attached hydrogens (tertiary/aromatic N) is 2. The molecule has 8 heteroatoms. The average Bonchev–Trinajstić information content (AvgIpc) is 2.90. The number of aryl methyl sites for hydroxylation is 1. The molecule has 0 saturated carbocycles. The van der Waals surface area contributed by atoms with Crippen molar-refractivity contribution in [3.05, 3.63) is 46.6 Å². The van der Waals surface area contributed by atoms with E-state index in [0.29, 0.717) is 11.5 Å². The van der Waals surface area contributed by atoms with E-state index in [1.165, 1.54) is 16.8 Å². The fourth-order valence-corrected chi connectivity index (χ4v) is 3.20. The van der Waals surface area contributed by atoms with Gasteiger partial charge in [-0.1, -0.05) is 12.1 Å². The molecule has 1 amide bonds. The quantitative estimate of drug-likeness (QED) is 0.791. The molecule has 0 aliphatic carbocycles. The minimum absolute atomic E-state index is 0.0883. The molecule has 2 heterocycles. The number of amides is 1. The van der Waals surface area contributed by atoms with Crippen LogP contribution in [0, 0.1) is 6.92 Å². The van der Waals surface area contributed by atoms with Gasteiger partial charge < -0.3 is 15.2 Å². The highest BCUT2D eigenvalue weighted by Crippen LogP contribution is 2.39. The number of carbonyl (C=O) groups is 3. The molecule has 0 bridgehead atoms. The van der Waals surface area contributed by atoms with Gasteiger partial charge >= 0.3 is 11.9 Å². The first kappa shape index (κ1) is 17.7. The standard InChI is InChI=1S/C18H19N3O5/c1-3-26-15(23)9-21-17-16(10(2)20-21)13(8-14(22)19-17)11-4-6-12(7-5-11)18(24)25/h4-7,13H,3,8-9H2,1-2H3,(H,19,22)(H,24,25). The van der Waals surface area contributed by atoms with Crippen LogP contribution < -0.4 is 5.32 Å². The third kappa shape index (κ3) is 3.30. The molecule has 2 aromatic rings. The van der Waals surface area contributed by atoms with Crippen LogP contribution in [0.25, 0.3) is 0 Å². The zero-order valence-electron chi connectivity index (χ0n) is 14.5. The predicted molar refractivity (Wildman–Crippen MR) is 92.1 cm³/mol. The first-order valence-electron chi connectivity index (χ1n) is 8.26. The molecule has 0 saturated heterocycles. The Morgan fingerprint density at radius 1 is 1.35 bits per heavy atom. The molecule has 8 nitrogen and oxygen atoms in total. The highest BCUT2D eigenvalue weighted by molar-refractivity contribution is 5.95. The first-order valence-corrected chi connectivity index (χ1v) is 8.26. The number of carboxylic acid groups (broad SMARTS) is 1. The van der Waals surface area contributed by atoms with E-state index >= 15 is 0 Å². The van der Waals surface area contributed by atoms with E-state index in [-0.39, 0.29) is 37.0 Å². The van der Waals surface area contributed by atoms with Gasteiger partial charge in [-0.15, -0.1) is 0 Å². The predicted octanol–water partition coefficient (Wildman–Crippen LogP) is 1.93. The molecule has 26 heavy (non-hydrogen) atoms. The molecule has 2 N–H and O–H groups in total. The smallest absolute Gasteiger partial charge is 0.335 e. The van der Waals surface area contributed by atoms with Crippen molar-refractivity contribution in [3.8, 4) is 0 Å². The molecule has 0 radical (unpaired) electrons. The second-order valence-electron chi connectivity index (χ2n) is 6.04. The number of aromatic carboxylic acids is 1. The minimum Gasteiger partial charge on any atom is -0.478 e. The van der Waals surface area contributed by atoms with E-state index in [4.69, 9.17) is 9.84 Å². The first-order chi connectivity index (χ1) is 12.4. The summed E-state index contributed by atoms with van der Waals surface area (Å²) in [5.74, 6) is -1.39. The van der Waals surface area contributed by atoms with Crippen LogP contribution in [0.2, 0.25) is 0 Å². The van der Waals surface area contributed by atoms with Gasteiger partial charge in [-0.3, -0.25) is 9.59 Å². The number of ether oxygens (including phenoxy) is 1. The Bertz CT molecular complexity index is 870. The van der Waals surface area contributed by atoms with Crippen molar-refractivity contribution < 1.29 is 24.2 Å². The van der Waals surface area contributed by atoms with E-state index in [9.17, 15) is 14.4 Å². The van der Waals surface area contributed by atoms with Crippen LogP contribution in [0.15, 0.2) is 24.3 Å². The summed E-state index contributed by atoms with van der Waals surface area (Å²) in [5.41, 5.74) is 2.54. The highest BCUT2D eigenvalue weighted by atomic mass is 16.5. The summed E-state index contributed by atoms with van der Waals surface area (Å²) in [6, 6.07) is 6.45. The van der Waals surface area contributed by atoms with Gasteiger partial charge in [0, 0.05) is 17.9 Å². The van der Waals surface area contributed by atoms with Crippen molar-refractivity contribution in [2.24, 2.45) is 0 Å². The van der Waals surface area contributed by atoms with Crippen molar-refractivity contribution in [1.82, 2.24) is 9.78 Å². The molecule has 136 valence electrons. The zero-order valence-corrected chi connectivity index (χ0v) is 14.5. The summed E-state index contributed by atoms with van der Waals surface area (Å²) in [5, 5.41) is 16.2. The highest BCUT2D eigenvalue weighted by Gasteiger charge is 2.32. The number of rotatable bonds is 5. The van der Waals surface area contributed by atoms with E-state index in [0.717, 1.165) is 11.1 Å². The number of hydrogen-bond donors (Lipinski definition) is 2. The number of esters is 1. The van der Waals surface area contributed by atoms with E-state index in [1.807, 2.05) is 6.92 Å². The van der Waals surface area contributed by atoms with Gasteiger partial charge in [0.15, 0.2) is 0 Å². The number of anilines is 1. The molecule has 1 aliphatic heterocycles. The van der Waals surface area contributed by atoms with Crippen LogP contribution >= 0.6 is 0 Å². The van der Waals surface area contributed by atoms with E-state index in [1.54, 1.807) is 19.1 Å². The summed E-state index contributed by atoms with van der Waals surface area (Å²) in [6.07, 6.45) is 0.228. The third-order valence-corrected chi connectivity index (χ3v) is 4.31. The van der Waals surface area contributed by atoms with Crippen LogP contribution in [0.5, 0.6) is 0 Å².